The molecule has 2 amide bonds. The number of carbonyl (C=O) groups excluding carboxylic acids is 1. The largest absolute Gasteiger partial charge is 0.496 e. The van der Waals surface area contributed by atoms with Gasteiger partial charge in [-0.05, 0) is 42.3 Å². The second-order valence-corrected chi connectivity index (χ2v) is 9.37. The normalized spacial score (nSPS) is 14.6. The van der Waals surface area contributed by atoms with E-state index in [1.165, 1.54) is 23.0 Å². The van der Waals surface area contributed by atoms with E-state index in [4.69, 9.17) is 14.5 Å². The van der Waals surface area contributed by atoms with Crippen LogP contribution in [0.4, 0.5) is 14.9 Å². The van der Waals surface area contributed by atoms with Crippen LogP contribution in [0.2, 0.25) is 0 Å². The highest BCUT2D eigenvalue weighted by atomic mass is 32.1. The van der Waals surface area contributed by atoms with E-state index < -0.39 is 0 Å². The van der Waals surface area contributed by atoms with Crippen LogP contribution in [0.15, 0.2) is 46.8 Å². The molecule has 4 rings (SSSR count). The number of aromatic nitrogens is 1. The van der Waals surface area contributed by atoms with Crippen molar-refractivity contribution in [2.75, 3.05) is 47.0 Å². The fourth-order valence-corrected chi connectivity index (χ4v) is 4.99. The van der Waals surface area contributed by atoms with Crippen LogP contribution in [-0.4, -0.2) is 62.5 Å². The SMILES string of the molecule is CNC(=O)NCCn1c(-c2ccc(CN3CCOCC3)cc2OC)csc1=Nc1ccc(C)c(F)c1. The minimum atomic E-state index is -0.293. The highest BCUT2D eigenvalue weighted by Crippen LogP contribution is 2.32. The number of thiazole rings is 1. The Kier molecular flexibility index (Phi) is 8.74. The predicted molar refractivity (Wildman–Crippen MR) is 139 cm³/mol. The molecule has 0 radical (unpaired) electrons. The molecule has 36 heavy (non-hydrogen) atoms. The first-order valence-corrected chi connectivity index (χ1v) is 12.8. The first kappa shape index (κ1) is 25.9. The number of rotatable bonds is 8. The van der Waals surface area contributed by atoms with Crippen molar-refractivity contribution >= 4 is 23.1 Å². The molecule has 2 heterocycles. The summed E-state index contributed by atoms with van der Waals surface area (Å²) in [6, 6.07) is 10.9. The molecule has 0 saturated carbocycles. The maximum Gasteiger partial charge on any atom is 0.314 e. The Morgan fingerprint density at radius 2 is 2.03 bits per heavy atom. The summed E-state index contributed by atoms with van der Waals surface area (Å²) in [4.78, 5) is 19.5. The zero-order valence-corrected chi connectivity index (χ0v) is 21.7. The van der Waals surface area contributed by atoms with Gasteiger partial charge in [0, 0.05) is 50.7 Å². The van der Waals surface area contributed by atoms with Gasteiger partial charge >= 0.3 is 6.03 Å². The standard InChI is InChI=1S/C26H32FN5O3S/c1-18-4-6-20(15-22(18)27)30-26-32(9-8-29-25(33)28-2)23(17-36-26)21-7-5-19(14-24(21)34-3)16-31-10-12-35-13-11-31/h4-7,14-15,17H,8-13,16H2,1-3H3,(H2,28,29,33). The van der Waals surface area contributed by atoms with Gasteiger partial charge in [-0.2, -0.15) is 0 Å². The van der Waals surface area contributed by atoms with Crippen LogP contribution in [0.5, 0.6) is 5.75 Å². The summed E-state index contributed by atoms with van der Waals surface area (Å²) >= 11 is 1.46. The van der Waals surface area contributed by atoms with Crippen molar-refractivity contribution in [2.24, 2.45) is 4.99 Å². The number of aryl methyl sites for hydroxylation is 1. The third kappa shape index (κ3) is 6.31. The van der Waals surface area contributed by atoms with E-state index in [1.807, 2.05) is 9.95 Å². The molecule has 3 aromatic rings. The minimum absolute atomic E-state index is 0.253. The van der Waals surface area contributed by atoms with Gasteiger partial charge in [0.1, 0.15) is 11.6 Å². The van der Waals surface area contributed by atoms with E-state index >= 15 is 0 Å². The number of carbonyl (C=O) groups is 1. The molecule has 2 aromatic carbocycles. The lowest BCUT2D eigenvalue weighted by Gasteiger charge is -2.26. The molecule has 2 N–H and O–H groups in total. The van der Waals surface area contributed by atoms with E-state index in [0.717, 1.165) is 49.9 Å². The van der Waals surface area contributed by atoms with Gasteiger partial charge in [-0.25, -0.2) is 14.2 Å². The van der Waals surface area contributed by atoms with Crippen molar-refractivity contribution in [3.05, 3.63) is 63.5 Å². The molecular weight excluding hydrogens is 481 g/mol. The maximum absolute atomic E-state index is 14.1. The molecule has 1 aliphatic rings. The Morgan fingerprint density at radius 1 is 1.22 bits per heavy atom. The number of ether oxygens (including phenoxy) is 2. The molecular formula is C26H32FN5O3S. The average Bonchev–Trinajstić information content (AvgIpc) is 3.28. The Balaban J connectivity index is 1.69. The first-order chi connectivity index (χ1) is 17.5. The number of nitrogens with one attached hydrogen (secondary N) is 2. The van der Waals surface area contributed by atoms with Crippen LogP contribution >= 0.6 is 11.3 Å². The molecule has 1 aromatic heterocycles. The maximum atomic E-state index is 14.1. The van der Waals surface area contributed by atoms with Crippen LogP contribution in [0, 0.1) is 12.7 Å². The molecule has 1 fully saturated rings. The van der Waals surface area contributed by atoms with Crippen LogP contribution in [0.25, 0.3) is 11.3 Å². The Bertz CT molecular complexity index is 1270. The highest BCUT2D eigenvalue weighted by Gasteiger charge is 2.16. The van der Waals surface area contributed by atoms with Crippen molar-refractivity contribution in [2.45, 2.75) is 20.0 Å². The third-order valence-corrected chi connectivity index (χ3v) is 6.94. The van der Waals surface area contributed by atoms with Gasteiger partial charge in [-0.3, -0.25) is 4.90 Å². The highest BCUT2D eigenvalue weighted by molar-refractivity contribution is 7.07. The average molecular weight is 514 g/mol. The van der Waals surface area contributed by atoms with E-state index in [1.54, 1.807) is 33.2 Å². The number of halogens is 1. The lowest BCUT2D eigenvalue weighted by atomic mass is 10.1. The number of nitrogens with zero attached hydrogens (tertiary/aromatic N) is 3. The molecule has 0 bridgehead atoms. The summed E-state index contributed by atoms with van der Waals surface area (Å²) in [6.07, 6.45) is 0. The number of urea groups is 1. The fraction of sp³-hybridized carbons (Fsp3) is 0.385. The number of hydrogen-bond acceptors (Lipinski definition) is 6. The monoisotopic (exact) mass is 513 g/mol. The fourth-order valence-electron chi connectivity index (χ4n) is 4.04. The van der Waals surface area contributed by atoms with Gasteiger partial charge in [-0.1, -0.05) is 12.1 Å². The summed E-state index contributed by atoms with van der Waals surface area (Å²) in [5.41, 5.74) is 4.12. The van der Waals surface area contributed by atoms with E-state index in [9.17, 15) is 9.18 Å². The number of amides is 2. The van der Waals surface area contributed by atoms with Crippen molar-refractivity contribution in [1.82, 2.24) is 20.1 Å². The van der Waals surface area contributed by atoms with Gasteiger partial charge in [0.15, 0.2) is 4.80 Å². The van der Waals surface area contributed by atoms with Crippen LogP contribution in [0.3, 0.4) is 0 Å². The number of benzene rings is 2. The van der Waals surface area contributed by atoms with Crippen molar-refractivity contribution in [3.63, 3.8) is 0 Å². The Hall–Kier alpha value is -3.21. The van der Waals surface area contributed by atoms with Gasteiger partial charge in [0.25, 0.3) is 0 Å². The lowest BCUT2D eigenvalue weighted by Crippen LogP contribution is -2.36. The quantitative estimate of drug-likeness (QED) is 0.482. The number of methoxy groups -OCH3 is 1. The Labute approximate surface area is 214 Å². The zero-order valence-electron chi connectivity index (χ0n) is 20.8. The summed E-state index contributed by atoms with van der Waals surface area (Å²) in [6.45, 7) is 6.78. The smallest absolute Gasteiger partial charge is 0.314 e. The van der Waals surface area contributed by atoms with E-state index in [0.29, 0.717) is 29.1 Å². The summed E-state index contributed by atoms with van der Waals surface area (Å²) in [5, 5.41) is 7.40. The van der Waals surface area contributed by atoms with Crippen LogP contribution in [0.1, 0.15) is 11.1 Å². The van der Waals surface area contributed by atoms with Crippen molar-refractivity contribution < 1.29 is 18.7 Å². The predicted octanol–water partition coefficient (Wildman–Crippen LogP) is 3.67. The number of morpholine rings is 1. The lowest BCUT2D eigenvalue weighted by molar-refractivity contribution is 0.0342. The third-order valence-electron chi connectivity index (χ3n) is 6.08. The van der Waals surface area contributed by atoms with Crippen molar-refractivity contribution in [1.29, 1.82) is 0 Å². The number of hydrogen-bond donors (Lipinski definition) is 2. The molecule has 0 spiro atoms. The van der Waals surface area contributed by atoms with E-state index in [-0.39, 0.29) is 11.8 Å². The first-order valence-electron chi connectivity index (χ1n) is 11.9. The molecule has 0 aliphatic carbocycles. The Morgan fingerprint density at radius 3 is 2.75 bits per heavy atom. The second-order valence-electron chi connectivity index (χ2n) is 8.53. The summed E-state index contributed by atoms with van der Waals surface area (Å²) in [5.74, 6) is 0.470. The zero-order chi connectivity index (χ0) is 25.5. The topological polar surface area (TPSA) is 80.1 Å². The van der Waals surface area contributed by atoms with Gasteiger partial charge < -0.3 is 24.7 Å². The molecule has 10 heteroatoms. The van der Waals surface area contributed by atoms with Crippen molar-refractivity contribution in [3.8, 4) is 17.0 Å². The molecule has 0 unspecified atom stereocenters. The second kappa shape index (κ2) is 12.2. The summed E-state index contributed by atoms with van der Waals surface area (Å²) < 4.78 is 27.4. The van der Waals surface area contributed by atoms with Crippen LogP contribution in [-0.2, 0) is 17.8 Å². The molecule has 192 valence electrons. The summed E-state index contributed by atoms with van der Waals surface area (Å²) in [7, 11) is 3.25. The minimum Gasteiger partial charge on any atom is -0.496 e. The van der Waals surface area contributed by atoms with E-state index in [2.05, 4.69) is 33.7 Å². The van der Waals surface area contributed by atoms with Gasteiger partial charge in [0.05, 0.1) is 31.7 Å². The molecule has 8 nitrogen and oxygen atoms in total. The van der Waals surface area contributed by atoms with Crippen LogP contribution < -0.4 is 20.2 Å². The molecule has 1 aliphatic heterocycles. The molecule has 0 atom stereocenters. The van der Waals surface area contributed by atoms with Gasteiger partial charge in [-0.15, -0.1) is 11.3 Å². The van der Waals surface area contributed by atoms with Gasteiger partial charge in [0.2, 0.25) is 0 Å². The molecule has 1 saturated heterocycles.